The first-order valence-corrected chi connectivity index (χ1v) is 7.35. The second-order valence-electron chi connectivity index (χ2n) is 3.32. The van der Waals surface area contributed by atoms with Gasteiger partial charge >= 0.3 is 25.8 Å². The van der Waals surface area contributed by atoms with Gasteiger partial charge in [-0.05, 0) is 23.6 Å². The summed E-state index contributed by atoms with van der Waals surface area (Å²) in [5.41, 5.74) is -0.307. The molecule has 1 N–H and O–H groups in total. The summed E-state index contributed by atoms with van der Waals surface area (Å²) in [6.07, 6.45) is 0. The number of hydrogen-bond acceptors (Lipinski definition) is 3. The van der Waals surface area contributed by atoms with Gasteiger partial charge in [0.2, 0.25) is 0 Å². The Morgan fingerprint density at radius 3 is 2.53 bits per heavy atom. The third-order valence-corrected chi connectivity index (χ3v) is 4.15. The summed E-state index contributed by atoms with van der Waals surface area (Å²) < 4.78 is 35.2. The monoisotopic (exact) mass is 348 g/mol. The number of benzene rings is 2. The van der Waals surface area contributed by atoms with Gasteiger partial charge in [-0.2, -0.15) is 0 Å². The second kappa shape index (κ2) is 4.36. The summed E-state index contributed by atoms with van der Waals surface area (Å²) in [5.74, 6) is -1.90. The van der Waals surface area contributed by atoms with E-state index in [1.54, 1.807) is 0 Å². The summed E-state index contributed by atoms with van der Waals surface area (Å²) >= 11 is -3.97. The SMILES string of the molecule is O=C(O)c1cc2cccc(F)c2cc1I(=O)=O. The third-order valence-electron chi connectivity index (χ3n) is 2.31. The highest BCUT2D eigenvalue weighted by atomic mass is 127. The molecule has 0 atom stereocenters. The van der Waals surface area contributed by atoms with Crippen molar-refractivity contribution in [2.45, 2.75) is 0 Å². The van der Waals surface area contributed by atoms with E-state index in [2.05, 4.69) is 0 Å². The van der Waals surface area contributed by atoms with E-state index in [1.807, 2.05) is 0 Å². The van der Waals surface area contributed by atoms with Crippen LogP contribution in [0.2, 0.25) is 0 Å². The molecule has 0 saturated carbocycles. The van der Waals surface area contributed by atoms with Gasteiger partial charge in [0.25, 0.3) is 0 Å². The van der Waals surface area contributed by atoms with Crippen molar-refractivity contribution >= 4 is 36.5 Å². The molecule has 0 aliphatic carbocycles. The Kier molecular flexibility index (Phi) is 3.05. The van der Waals surface area contributed by atoms with Crippen molar-refractivity contribution in [3.63, 3.8) is 0 Å². The zero-order valence-electron chi connectivity index (χ0n) is 8.31. The molecule has 0 aliphatic heterocycles. The quantitative estimate of drug-likeness (QED) is 0.847. The molecule has 2 aromatic rings. The predicted octanol–water partition coefficient (Wildman–Crippen LogP) is 3.04. The van der Waals surface area contributed by atoms with Crippen molar-refractivity contribution in [1.29, 1.82) is 0 Å². The Morgan fingerprint density at radius 2 is 1.94 bits per heavy atom. The lowest BCUT2D eigenvalue weighted by atomic mass is 10.1. The molecule has 2 rings (SSSR count). The maximum atomic E-state index is 13.4. The summed E-state index contributed by atoms with van der Waals surface area (Å²) in [4.78, 5) is 10.9. The van der Waals surface area contributed by atoms with E-state index >= 15 is 0 Å². The third kappa shape index (κ3) is 2.12. The van der Waals surface area contributed by atoms with E-state index < -0.39 is 31.6 Å². The molecule has 17 heavy (non-hydrogen) atoms. The van der Waals surface area contributed by atoms with Gasteiger partial charge in [0.05, 0.1) is 9.13 Å². The molecular weight excluding hydrogens is 342 g/mol. The molecule has 0 spiro atoms. The van der Waals surface area contributed by atoms with Crippen LogP contribution in [0.1, 0.15) is 10.4 Å². The number of carboxylic acids is 1. The molecule has 6 heteroatoms. The van der Waals surface area contributed by atoms with Crippen LogP contribution in [0.25, 0.3) is 10.8 Å². The van der Waals surface area contributed by atoms with Crippen LogP contribution in [0.15, 0.2) is 30.3 Å². The predicted molar refractivity (Wildman–Crippen MR) is 65.0 cm³/mol. The van der Waals surface area contributed by atoms with Crippen molar-refractivity contribution in [3.8, 4) is 0 Å². The number of rotatable bonds is 2. The topological polar surface area (TPSA) is 71.4 Å². The molecule has 0 bridgehead atoms. The highest BCUT2D eigenvalue weighted by Crippen LogP contribution is 2.28. The van der Waals surface area contributed by atoms with E-state index in [1.165, 1.54) is 24.3 Å². The van der Waals surface area contributed by atoms with Gasteiger partial charge in [0.15, 0.2) is 0 Å². The molecule has 0 heterocycles. The van der Waals surface area contributed by atoms with Crippen molar-refractivity contribution in [2.24, 2.45) is 0 Å². The highest BCUT2D eigenvalue weighted by molar-refractivity contribution is 14.2. The number of fused-ring (bicyclic) bond motifs is 1. The van der Waals surface area contributed by atoms with Crippen LogP contribution in [0, 0.1) is 9.39 Å². The molecule has 0 amide bonds. The van der Waals surface area contributed by atoms with Crippen molar-refractivity contribution in [1.82, 2.24) is 0 Å². The lowest BCUT2D eigenvalue weighted by Crippen LogP contribution is -2.00. The fourth-order valence-corrected chi connectivity index (χ4v) is 2.98. The van der Waals surface area contributed by atoms with E-state index in [0.717, 1.165) is 6.07 Å². The minimum atomic E-state index is -3.97. The maximum absolute atomic E-state index is 13.4. The molecule has 0 saturated heterocycles. The van der Waals surface area contributed by atoms with Gasteiger partial charge in [-0.3, -0.25) is 0 Å². The Bertz CT molecular complexity index is 683. The highest BCUT2D eigenvalue weighted by Gasteiger charge is 2.16. The van der Waals surface area contributed by atoms with E-state index in [4.69, 9.17) is 5.11 Å². The van der Waals surface area contributed by atoms with Gasteiger partial charge in [-0.25, -0.2) is 15.3 Å². The fraction of sp³-hybridized carbons (Fsp3) is 0. The Balaban J connectivity index is 2.91. The van der Waals surface area contributed by atoms with Crippen LogP contribution in [-0.4, -0.2) is 11.1 Å². The lowest BCUT2D eigenvalue weighted by Gasteiger charge is -2.03. The largest absolute Gasteiger partial charge is 0.478 e. The molecule has 0 fully saturated rings. The van der Waals surface area contributed by atoms with Gasteiger partial charge < -0.3 is 5.11 Å². The second-order valence-corrected chi connectivity index (χ2v) is 5.72. The van der Waals surface area contributed by atoms with Crippen LogP contribution in [0.3, 0.4) is 0 Å². The van der Waals surface area contributed by atoms with Gasteiger partial charge in [-0.1, -0.05) is 12.1 Å². The number of carbonyl (C=O) groups is 1. The first-order valence-electron chi connectivity index (χ1n) is 4.51. The zero-order valence-corrected chi connectivity index (χ0v) is 10.5. The first kappa shape index (κ1) is 11.9. The summed E-state index contributed by atoms with van der Waals surface area (Å²) in [6, 6.07) is 6.42. The first-order chi connectivity index (χ1) is 8.00. The van der Waals surface area contributed by atoms with E-state index in [0.29, 0.717) is 5.39 Å². The maximum Gasteiger partial charge on any atom is 0.341 e. The average molecular weight is 348 g/mol. The Hall–Kier alpha value is -1.57. The van der Waals surface area contributed by atoms with E-state index in [9.17, 15) is 15.3 Å². The van der Waals surface area contributed by atoms with Gasteiger partial charge in [0.1, 0.15) is 5.82 Å². The van der Waals surface area contributed by atoms with Gasteiger partial charge in [0, 0.05) is 5.39 Å². The number of aromatic carboxylic acids is 1. The summed E-state index contributed by atoms with van der Waals surface area (Å²) in [7, 11) is 0. The number of hydrogen-bond donors (Lipinski definition) is 1. The van der Waals surface area contributed by atoms with Crippen LogP contribution < -0.4 is 0 Å². The Labute approximate surface area is 102 Å². The molecule has 88 valence electrons. The lowest BCUT2D eigenvalue weighted by molar-refractivity contribution is 0.0696. The van der Waals surface area contributed by atoms with Crippen molar-refractivity contribution in [3.05, 3.63) is 45.3 Å². The van der Waals surface area contributed by atoms with Crippen LogP contribution in [0.5, 0.6) is 0 Å². The summed E-state index contributed by atoms with van der Waals surface area (Å²) in [6.45, 7) is 0. The Morgan fingerprint density at radius 1 is 1.24 bits per heavy atom. The molecule has 0 unspecified atom stereocenters. The minimum absolute atomic E-state index is 0.113. The standard InChI is InChI=1S/C11H6FIO4/c12-9-3-1-2-6-4-8(11(14)15)10(13(16)17)5-7(6)9/h1-5H,(H,14,15). The molecule has 0 aliphatic rings. The molecule has 0 radical (unpaired) electrons. The molecule has 2 aromatic carbocycles. The minimum Gasteiger partial charge on any atom is -0.478 e. The van der Waals surface area contributed by atoms with Crippen molar-refractivity contribution in [2.75, 3.05) is 0 Å². The van der Waals surface area contributed by atoms with Crippen LogP contribution >= 0.6 is 19.8 Å². The van der Waals surface area contributed by atoms with Crippen molar-refractivity contribution < 1.29 is 20.4 Å². The van der Waals surface area contributed by atoms with Crippen LogP contribution in [-0.2, 0) is 6.14 Å². The average Bonchev–Trinajstić information content (AvgIpc) is 2.27. The number of carboxylic acid groups (broad SMARTS) is 1. The smallest absolute Gasteiger partial charge is 0.341 e. The van der Waals surface area contributed by atoms with E-state index in [-0.39, 0.29) is 14.5 Å². The molecular formula is C11H6FIO4. The van der Waals surface area contributed by atoms with Crippen LogP contribution in [0.4, 0.5) is 4.39 Å². The molecule has 4 nitrogen and oxygen atoms in total. The normalized spacial score (nSPS) is 10.9. The zero-order chi connectivity index (χ0) is 12.6. The number of halogens is 2. The molecule has 0 aromatic heterocycles. The fourth-order valence-electron chi connectivity index (χ4n) is 1.55. The van der Waals surface area contributed by atoms with Gasteiger partial charge in [-0.15, -0.1) is 0 Å². The summed E-state index contributed by atoms with van der Waals surface area (Å²) in [5, 5.41) is 9.37.